The molecule has 0 fully saturated rings. The largest absolute Gasteiger partial charge is 0.243 e. The van der Waals surface area contributed by atoms with Gasteiger partial charge in [0.2, 0.25) is 15.3 Å². The lowest BCUT2D eigenvalue weighted by Gasteiger charge is -1.94. The van der Waals surface area contributed by atoms with Crippen molar-refractivity contribution in [1.29, 1.82) is 0 Å². The third kappa shape index (κ3) is 1.15. The number of fused-ring (bicyclic) bond motifs is 1. The van der Waals surface area contributed by atoms with Gasteiger partial charge in [0.25, 0.3) is 0 Å². The van der Waals surface area contributed by atoms with E-state index in [2.05, 4.69) is 10.2 Å². The maximum absolute atomic E-state index is 13.1. The minimum absolute atomic E-state index is 0.0455. The summed E-state index contributed by atoms with van der Waals surface area (Å²) < 4.78 is 34.2. The Balaban J connectivity index is 2.87. The van der Waals surface area contributed by atoms with E-state index < -0.39 is 16.1 Å². The van der Waals surface area contributed by atoms with Crippen molar-refractivity contribution in [1.82, 2.24) is 0 Å². The molecule has 0 unspecified atom stereocenters. The lowest BCUT2D eigenvalue weighted by Crippen LogP contribution is -1.97. The van der Waals surface area contributed by atoms with Crippen molar-refractivity contribution in [2.24, 2.45) is 10.2 Å². The number of rotatable bonds is 0. The lowest BCUT2D eigenvalue weighted by molar-refractivity contribution is 0.622. The van der Waals surface area contributed by atoms with Crippen molar-refractivity contribution >= 4 is 21.0 Å². The molecule has 0 aliphatic carbocycles. The monoisotopic (exact) mass is 198 g/mol. The average molecular weight is 198 g/mol. The van der Waals surface area contributed by atoms with Gasteiger partial charge < -0.3 is 0 Å². The molecule has 6 heteroatoms. The molecular formula is C7H3FN2O2S. The maximum atomic E-state index is 13.1. The van der Waals surface area contributed by atoms with Crippen LogP contribution < -0.4 is 0 Å². The van der Waals surface area contributed by atoms with Crippen LogP contribution in [-0.4, -0.2) is 13.4 Å². The molecule has 0 saturated carbocycles. The Kier molecular flexibility index (Phi) is 1.70. The predicted octanol–water partition coefficient (Wildman–Crippen LogP) is 1.28. The number of hydrogen-bond acceptors (Lipinski definition) is 3. The van der Waals surface area contributed by atoms with Crippen LogP contribution in [-0.2, 0) is 10.3 Å². The summed E-state index contributed by atoms with van der Waals surface area (Å²) in [6.07, 6.45) is 0. The third-order valence-corrected chi connectivity index (χ3v) is 2.21. The molecule has 0 atom stereocenters. The highest BCUT2D eigenvalue weighted by Crippen LogP contribution is 2.28. The summed E-state index contributed by atoms with van der Waals surface area (Å²) in [5, 5.41) is 6.87. The fourth-order valence-corrected chi connectivity index (χ4v) is 1.55. The number of azo groups is 1. The molecule has 13 heavy (non-hydrogen) atoms. The summed E-state index contributed by atoms with van der Waals surface area (Å²) in [6, 6.07) is 4.12. The van der Waals surface area contributed by atoms with Crippen molar-refractivity contribution in [2.45, 2.75) is 0 Å². The van der Waals surface area contributed by atoms with Crippen LogP contribution in [0.15, 0.2) is 28.4 Å². The molecule has 1 heterocycles. The van der Waals surface area contributed by atoms with E-state index in [1.54, 1.807) is 0 Å². The van der Waals surface area contributed by atoms with Crippen LogP contribution in [0.2, 0.25) is 0 Å². The predicted molar refractivity (Wildman–Crippen MR) is 43.9 cm³/mol. The molecular weight excluding hydrogens is 195 g/mol. The molecule has 2 rings (SSSR count). The van der Waals surface area contributed by atoms with Gasteiger partial charge in [0, 0.05) is 0 Å². The molecule has 4 nitrogen and oxygen atoms in total. The minimum atomic E-state index is -2.55. The van der Waals surface area contributed by atoms with Gasteiger partial charge in [-0.2, -0.15) is 8.42 Å². The first kappa shape index (κ1) is 8.06. The van der Waals surface area contributed by atoms with Crippen LogP contribution in [0.4, 0.5) is 10.1 Å². The normalized spacial score (nSPS) is 13.2. The lowest BCUT2D eigenvalue weighted by atomic mass is 10.2. The van der Waals surface area contributed by atoms with Crippen LogP contribution >= 0.6 is 0 Å². The number of nitrogens with zero attached hydrogens (tertiary/aromatic N) is 2. The number of hydrogen-bond donors (Lipinski definition) is 0. The Morgan fingerprint density at radius 2 is 2.00 bits per heavy atom. The Morgan fingerprint density at radius 1 is 1.23 bits per heavy atom. The molecule has 1 aromatic carbocycles. The van der Waals surface area contributed by atoms with E-state index in [1.165, 1.54) is 18.2 Å². The fraction of sp³-hybridized carbons (Fsp3) is 0. The first-order valence-corrected chi connectivity index (χ1v) is 4.44. The molecule has 66 valence electrons. The zero-order valence-corrected chi connectivity index (χ0v) is 7.05. The van der Waals surface area contributed by atoms with Gasteiger partial charge in [-0.05, 0) is 12.1 Å². The highest BCUT2D eigenvalue weighted by atomic mass is 32.2. The van der Waals surface area contributed by atoms with Crippen molar-refractivity contribution < 1.29 is 12.8 Å². The van der Waals surface area contributed by atoms with Gasteiger partial charge in [0.1, 0.15) is 5.82 Å². The molecule has 1 aliphatic rings. The Hall–Kier alpha value is -1.56. The van der Waals surface area contributed by atoms with Crippen LogP contribution in [0.25, 0.3) is 0 Å². The van der Waals surface area contributed by atoms with Gasteiger partial charge in [0.15, 0.2) is 0 Å². The molecule has 0 radical (unpaired) electrons. The van der Waals surface area contributed by atoms with E-state index in [9.17, 15) is 12.8 Å². The molecule has 0 amide bonds. The van der Waals surface area contributed by atoms with E-state index in [1.807, 2.05) is 0 Å². The quantitative estimate of drug-likeness (QED) is 0.589. The summed E-state index contributed by atoms with van der Waals surface area (Å²) in [7, 11) is -2.55. The van der Waals surface area contributed by atoms with E-state index in [0.717, 1.165) is 0 Å². The van der Waals surface area contributed by atoms with Crippen LogP contribution in [0.3, 0.4) is 0 Å². The smallest absolute Gasteiger partial charge is 0.206 e. The molecule has 0 saturated heterocycles. The zero-order valence-electron chi connectivity index (χ0n) is 6.23. The van der Waals surface area contributed by atoms with Gasteiger partial charge in [-0.3, -0.25) is 0 Å². The standard InChI is InChI=1S/C7H3FN2O2S/c8-4-2-1-3-5-6(4)7(10-9-5)13(11)12/h1-3H. The molecule has 0 bridgehead atoms. The SMILES string of the molecule is O=S(=O)=C1N=Nc2cccc(F)c21. The van der Waals surface area contributed by atoms with E-state index in [0.29, 0.717) is 0 Å². The molecule has 0 spiro atoms. The summed E-state index contributed by atoms with van der Waals surface area (Å²) in [4.78, 5) is -0.340. The van der Waals surface area contributed by atoms with Crippen LogP contribution in [0, 0.1) is 5.82 Å². The fourth-order valence-electron chi connectivity index (χ4n) is 1.07. The Morgan fingerprint density at radius 3 is 2.69 bits per heavy atom. The number of benzene rings is 1. The van der Waals surface area contributed by atoms with Crippen molar-refractivity contribution in [3.8, 4) is 0 Å². The summed E-state index contributed by atoms with van der Waals surface area (Å²) in [5.74, 6) is -0.623. The maximum Gasteiger partial charge on any atom is 0.243 e. The highest BCUT2D eigenvalue weighted by Gasteiger charge is 2.20. The summed E-state index contributed by atoms with van der Waals surface area (Å²) >= 11 is 0. The molecule has 0 aromatic heterocycles. The highest BCUT2D eigenvalue weighted by molar-refractivity contribution is 7.73. The van der Waals surface area contributed by atoms with Crippen molar-refractivity contribution in [2.75, 3.05) is 0 Å². The van der Waals surface area contributed by atoms with Crippen LogP contribution in [0.1, 0.15) is 5.56 Å². The first-order valence-electron chi connectivity index (χ1n) is 3.37. The first-order chi connectivity index (χ1) is 6.20. The van der Waals surface area contributed by atoms with E-state index in [-0.39, 0.29) is 16.2 Å². The topological polar surface area (TPSA) is 58.9 Å². The summed E-state index contributed by atoms with van der Waals surface area (Å²) in [5.41, 5.74) is 0.204. The third-order valence-electron chi connectivity index (χ3n) is 1.61. The second-order valence-electron chi connectivity index (χ2n) is 2.37. The second-order valence-corrected chi connectivity index (χ2v) is 3.23. The minimum Gasteiger partial charge on any atom is -0.206 e. The van der Waals surface area contributed by atoms with Gasteiger partial charge in [-0.15, -0.1) is 10.2 Å². The molecule has 1 aromatic rings. The van der Waals surface area contributed by atoms with Gasteiger partial charge in [0.05, 0.1) is 11.3 Å². The second kappa shape index (κ2) is 2.74. The zero-order chi connectivity index (χ0) is 9.42. The van der Waals surface area contributed by atoms with Gasteiger partial charge in [-0.1, -0.05) is 6.07 Å². The van der Waals surface area contributed by atoms with Gasteiger partial charge >= 0.3 is 0 Å². The van der Waals surface area contributed by atoms with Crippen molar-refractivity contribution in [3.63, 3.8) is 0 Å². The Labute approximate surface area is 74.3 Å². The average Bonchev–Trinajstić information content (AvgIpc) is 2.49. The molecule has 0 N–H and O–H groups in total. The Bertz CT molecular complexity index is 525. The van der Waals surface area contributed by atoms with Gasteiger partial charge in [-0.25, -0.2) is 4.39 Å². The van der Waals surface area contributed by atoms with Crippen LogP contribution in [0.5, 0.6) is 0 Å². The molecule has 1 aliphatic heterocycles. The number of halogens is 1. The van der Waals surface area contributed by atoms with E-state index >= 15 is 0 Å². The van der Waals surface area contributed by atoms with E-state index in [4.69, 9.17) is 0 Å². The van der Waals surface area contributed by atoms with Crippen molar-refractivity contribution in [3.05, 3.63) is 29.6 Å². The summed E-state index contributed by atoms with van der Waals surface area (Å²) in [6.45, 7) is 0.